The molecule has 0 bridgehead atoms. The molecule has 1 aliphatic heterocycles. The van der Waals surface area contributed by atoms with Crippen LogP contribution in [-0.4, -0.2) is 17.0 Å². The van der Waals surface area contributed by atoms with E-state index in [4.69, 9.17) is 14.2 Å². The first-order valence-electron chi connectivity index (χ1n) is 7.91. The van der Waals surface area contributed by atoms with Gasteiger partial charge in [-0.25, -0.2) is 0 Å². The lowest BCUT2D eigenvalue weighted by atomic mass is 9.96. The SMILES string of the molecule is CC(=O)Oc1ccc(C2CCc3c(O)cc(OC(C)=O)cc3O2)cc1. The van der Waals surface area contributed by atoms with Gasteiger partial charge in [-0.3, -0.25) is 9.59 Å². The second-order valence-electron chi connectivity index (χ2n) is 5.82. The minimum Gasteiger partial charge on any atom is -0.507 e. The average molecular weight is 342 g/mol. The van der Waals surface area contributed by atoms with Gasteiger partial charge in [0.2, 0.25) is 0 Å². The third kappa shape index (κ3) is 3.91. The van der Waals surface area contributed by atoms with Gasteiger partial charge in [0.05, 0.1) is 0 Å². The van der Waals surface area contributed by atoms with Crippen LogP contribution in [0.2, 0.25) is 0 Å². The molecule has 130 valence electrons. The molecular weight excluding hydrogens is 324 g/mol. The van der Waals surface area contributed by atoms with Gasteiger partial charge in [0, 0.05) is 31.5 Å². The molecule has 1 heterocycles. The van der Waals surface area contributed by atoms with E-state index in [1.807, 2.05) is 12.1 Å². The van der Waals surface area contributed by atoms with E-state index < -0.39 is 5.97 Å². The first kappa shape index (κ1) is 16.8. The van der Waals surface area contributed by atoms with Crippen LogP contribution < -0.4 is 14.2 Å². The molecule has 6 nitrogen and oxygen atoms in total. The van der Waals surface area contributed by atoms with Crippen LogP contribution in [0.3, 0.4) is 0 Å². The first-order chi connectivity index (χ1) is 11.9. The monoisotopic (exact) mass is 342 g/mol. The highest BCUT2D eigenvalue weighted by molar-refractivity contribution is 5.70. The van der Waals surface area contributed by atoms with Crippen LogP contribution in [-0.2, 0) is 16.0 Å². The number of phenolic OH excluding ortho intramolecular Hbond substituents is 1. The number of carbonyl (C=O) groups is 2. The van der Waals surface area contributed by atoms with Crippen LogP contribution in [0.15, 0.2) is 36.4 Å². The minimum atomic E-state index is -0.465. The summed E-state index contributed by atoms with van der Waals surface area (Å²) in [7, 11) is 0. The smallest absolute Gasteiger partial charge is 0.308 e. The van der Waals surface area contributed by atoms with Crippen molar-refractivity contribution in [3.05, 3.63) is 47.5 Å². The van der Waals surface area contributed by atoms with Crippen molar-refractivity contribution in [3.8, 4) is 23.0 Å². The fourth-order valence-electron chi connectivity index (χ4n) is 2.83. The molecule has 0 saturated carbocycles. The van der Waals surface area contributed by atoms with Gasteiger partial charge in [-0.15, -0.1) is 0 Å². The maximum absolute atomic E-state index is 11.1. The van der Waals surface area contributed by atoms with Gasteiger partial charge < -0.3 is 19.3 Å². The van der Waals surface area contributed by atoms with Gasteiger partial charge in [-0.2, -0.15) is 0 Å². The molecule has 0 saturated heterocycles. The number of hydrogen-bond acceptors (Lipinski definition) is 6. The average Bonchev–Trinajstić information content (AvgIpc) is 2.54. The summed E-state index contributed by atoms with van der Waals surface area (Å²) < 4.78 is 16.0. The first-order valence-corrected chi connectivity index (χ1v) is 7.91. The van der Waals surface area contributed by atoms with Crippen LogP contribution in [0.1, 0.15) is 37.5 Å². The summed E-state index contributed by atoms with van der Waals surface area (Å²) in [6.07, 6.45) is 1.13. The lowest BCUT2D eigenvalue weighted by molar-refractivity contribution is -0.132. The van der Waals surface area contributed by atoms with Crippen LogP contribution >= 0.6 is 0 Å². The van der Waals surface area contributed by atoms with E-state index in [9.17, 15) is 14.7 Å². The zero-order valence-electron chi connectivity index (χ0n) is 13.9. The molecule has 1 atom stereocenters. The molecule has 1 N–H and O–H groups in total. The number of esters is 2. The van der Waals surface area contributed by atoms with E-state index in [-0.39, 0.29) is 23.6 Å². The Morgan fingerprint density at radius 2 is 1.68 bits per heavy atom. The predicted octanol–water partition coefficient (Wildman–Crippen LogP) is 3.31. The van der Waals surface area contributed by atoms with Crippen LogP contribution in [0.5, 0.6) is 23.0 Å². The Balaban J connectivity index is 1.81. The van der Waals surface area contributed by atoms with E-state index in [2.05, 4.69) is 0 Å². The molecule has 1 unspecified atom stereocenters. The van der Waals surface area contributed by atoms with E-state index in [0.29, 0.717) is 29.9 Å². The predicted molar refractivity (Wildman–Crippen MR) is 88.9 cm³/mol. The van der Waals surface area contributed by atoms with Crippen LogP contribution in [0.4, 0.5) is 0 Å². The van der Waals surface area contributed by atoms with Crippen molar-refractivity contribution in [2.45, 2.75) is 32.8 Å². The standard InChI is InChI=1S/C19H18O6/c1-11(20)23-14-5-3-13(4-6-14)18-8-7-16-17(22)9-15(24-12(2)21)10-19(16)25-18/h3-6,9-10,18,22H,7-8H2,1-2H3. The molecule has 0 spiro atoms. The summed E-state index contributed by atoms with van der Waals surface area (Å²) in [4.78, 5) is 22.1. The summed E-state index contributed by atoms with van der Waals surface area (Å²) in [5, 5.41) is 10.1. The molecule has 3 rings (SSSR count). The lowest BCUT2D eigenvalue weighted by Gasteiger charge is -2.27. The summed E-state index contributed by atoms with van der Waals surface area (Å²) in [6, 6.07) is 10.1. The summed E-state index contributed by atoms with van der Waals surface area (Å²) >= 11 is 0. The molecule has 0 fully saturated rings. The molecule has 25 heavy (non-hydrogen) atoms. The normalized spacial score (nSPS) is 15.7. The van der Waals surface area contributed by atoms with Crippen LogP contribution in [0, 0.1) is 0 Å². The van der Waals surface area contributed by atoms with E-state index >= 15 is 0 Å². The number of carbonyl (C=O) groups excluding carboxylic acids is 2. The Bertz CT molecular complexity index is 809. The van der Waals surface area contributed by atoms with E-state index in [1.165, 1.54) is 19.9 Å². The number of phenols is 1. The summed E-state index contributed by atoms with van der Waals surface area (Å²) in [5.41, 5.74) is 1.63. The summed E-state index contributed by atoms with van der Waals surface area (Å²) in [6.45, 7) is 2.65. The molecule has 0 aromatic heterocycles. The third-order valence-electron chi connectivity index (χ3n) is 3.86. The second kappa shape index (κ2) is 6.84. The molecule has 2 aromatic carbocycles. The zero-order valence-corrected chi connectivity index (χ0v) is 13.9. The number of hydrogen-bond donors (Lipinski definition) is 1. The molecule has 6 heteroatoms. The van der Waals surface area contributed by atoms with Gasteiger partial charge in [-0.05, 0) is 30.5 Å². The second-order valence-corrected chi connectivity index (χ2v) is 5.82. The van der Waals surface area contributed by atoms with Gasteiger partial charge in [0.25, 0.3) is 0 Å². The zero-order chi connectivity index (χ0) is 18.0. The van der Waals surface area contributed by atoms with Crippen molar-refractivity contribution in [2.24, 2.45) is 0 Å². The van der Waals surface area contributed by atoms with Crippen molar-refractivity contribution < 1.29 is 28.9 Å². The quantitative estimate of drug-likeness (QED) is 0.681. The number of rotatable bonds is 3. The Morgan fingerprint density at radius 3 is 2.32 bits per heavy atom. The number of benzene rings is 2. The molecule has 0 radical (unpaired) electrons. The highest BCUT2D eigenvalue weighted by Gasteiger charge is 2.25. The Morgan fingerprint density at radius 1 is 1.04 bits per heavy atom. The van der Waals surface area contributed by atoms with E-state index in [0.717, 1.165) is 5.56 Å². The molecule has 0 amide bonds. The Kier molecular flexibility index (Phi) is 4.61. The number of ether oxygens (including phenoxy) is 3. The topological polar surface area (TPSA) is 82.1 Å². The molecular formula is C19H18O6. The fourth-order valence-corrected chi connectivity index (χ4v) is 2.83. The minimum absolute atomic E-state index is 0.0532. The fraction of sp³-hybridized carbons (Fsp3) is 0.263. The maximum atomic E-state index is 11.1. The van der Waals surface area contributed by atoms with Gasteiger partial charge in [0.1, 0.15) is 29.1 Å². The van der Waals surface area contributed by atoms with Gasteiger partial charge >= 0.3 is 11.9 Å². The van der Waals surface area contributed by atoms with Crippen molar-refractivity contribution in [1.82, 2.24) is 0 Å². The van der Waals surface area contributed by atoms with Crippen molar-refractivity contribution in [1.29, 1.82) is 0 Å². The number of aromatic hydroxyl groups is 1. The van der Waals surface area contributed by atoms with E-state index in [1.54, 1.807) is 18.2 Å². The van der Waals surface area contributed by atoms with Crippen molar-refractivity contribution in [2.75, 3.05) is 0 Å². The Labute approximate surface area is 144 Å². The highest BCUT2D eigenvalue weighted by Crippen LogP contribution is 2.42. The third-order valence-corrected chi connectivity index (χ3v) is 3.86. The van der Waals surface area contributed by atoms with Crippen LogP contribution in [0.25, 0.3) is 0 Å². The molecule has 2 aromatic rings. The van der Waals surface area contributed by atoms with Gasteiger partial charge in [0.15, 0.2) is 0 Å². The maximum Gasteiger partial charge on any atom is 0.308 e. The molecule has 1 aliphatic rings. The summed E-state index contributed by atoms with van der Waals surface area (Å²) in [5.74, 6) is 0.433. The van der Waals surface area contributed by atoms with Gasteiger partial charge in [-0.1, -0.05) is 12.1 Å². The Hall–Kier alpha value is -3.02. The highest BCUT2D eigenvalue weighted by atomic mass is 16.5. The molecule has 0 aliphatic carbocycles. The van der Waals surface area contributed by atoms with Crippen molar-refractivity contribution >= 4 is 11.9 Å². The lowest BCUT2D eigenvalue weighted by Crippen LogP contribution is -2.15. The van der Waals surface area contributed by atoms with Crippen molar-refractivity contribution in [3.63, 3.8) is 0 Å². The number of fused-ring (bicyclic) bond motifs is 1. The largest absolute Gasteiger partial charge is 0.507 e.